The van der Waals surface area contributed by atoms with Crippen molar-refractivity contribution in [3.8, 4) is 0 Å². The van der Waals surface area contributed by atoms with Gasteiger partial charge in [-0.15, -0.1) is 0 Å². The van der Waals surface area contributed by atoms with Crippen LogP contribution in [0.2, 0.25) is 0 Å². The van der Waals surface area contributed by atoms with E-state index in [4.69, 9.17) is 4.52 Å². The van der Waals surface area contributed by atoms with Crippen molar-refractivity contribution in [1.82, 2.24) is 15.0 Å². The van der Waals surface area contributed by atoms with E-state index in [2.05, 4.69) is 34.3 Å². The first-order valence-electron chi connectivity index (χ1n) is 8.90. The van der Waals surface area contributed by atoms with Crippen LogP contribution < -0.4 is 0 Å². The second-order valence-electron chi connectivity index (χ2n) is 6.63. The largest absolute Gasteiger partial charge is 0.480 e. The first kappa shape index (κ1) is 18.4. The molecule has 1 N–H and O–H groups in total. The second-order valence-corrected chi connectivity index (χ2v) is 6.63. The fourth-order valence-electron chi connectivity index (χ4n) is 3.45. The lowest BCUT2D eigenvalue weighted by Gasteiger charge is -2.37. The van der Waals surface area contributed by atoms with Crippen molar-refractivity contribution in [1.29, 1.82) is 0 Å². The molecule has 2 aromatic rings. The van der Waals surface area contributed by atoms with Gasteiger partial charge in [-0.2, -0.15) is 0 Å². The Balaban J connectivity index is 1.58. The molecule has 0 aliphatic carbocycles. The van der Waals surface area contributed by atoms with Crippen molar-refractivity contribution >= 4 is 12.0 Å². The number of carbonyl (C=O) groups is 1. The van der Waals surface area contributed by atoms with E-state index < -0.39 is 12.0 Å². The lowest BCUT2D eigenvalue weighted by Crippen LogP contribution is -2.49. The van der Waals surface area contributed by atoms with E-state index in [-0.39, 0.29) is 0 Å². The minimum absolute atomic E-state index is 0.586. The number of carboxylic acids is 1. The van der Waals surface area contributed by atoms with Crippen molar-refractivity contribution in [2.75, 3.05) is 32.7 Å². The number of hydrogen-bond donors (Lipinski definition) is 1. The predicted octanol–water partition coefficient (Wildman–Crippen LogP) is 2.75. The summed E-state index contributed by atoms with van der Waals surface area (Å²) in [6.07, 6.45) is 4.28. The summed E-state index contributed by atoms with van der Waals surface area (Å²) in [7, 11) is 0. The molecule has 0 saturated carbocycles. The molecule has 0 spiro atoms. The number of aliphatic carboxylic acids is 1. The third-order valence-electron chi connectivity index (χ3n) is 4.84. The van der Waals surface area contributed by atoms with E-state index in [1.165, 1.54) is 5.56 Å². The van der Waals surface area contributed by atoms with Gasteiger partial charge in [0.2, 0.25) is 0 Å². The number of aromatic nitrogens is 1. The zero-order valence-corrected chi connectivity index (χ0v) is 15.3. The minimum Gasteiger partial charge on any atom is -0.480 e. The van der Waals surface area contributed by atoms with E-state index >= 15 is 0 Å². The Bertz CT molecular complexity index is 742. The van der Waals surface area contributed by atoms with Crippen LogP contribution in [0.15, 0.2) is 40.9 Å². The molecule has 138 valence electrons. The maximum absolute atomic E-state index is 11.9. The number of benzene rings is 1. The molecule has 1 aliphatic rings. The molecular weight excluding hydrogens is 330 g/mol. The molecule has 0 bridgehead atoms. The highest BCUT2D eigenvalue weighted by atomic mass is 16.5. The highest BCUT2D eigenvalue weighted by molar-refractivity contribution is 5.76. The molecule has 0 radical (unpaired) electrons. The molecule has 26 heavy (non-hydrogen) atoms. The van der Waals surface area contributed by atoms with Gasteiger partial charge in [-0.25, -0.2) is 0 Å². The summed E-state index contributed by atoms with van der Waals surface area (Å²) in [6.45, 7) is 7.53. The van der Waals surface area contributed by atoms with E-state index in [1.807, 2.05) is 23.1 Å². The van der Waals surface area contributed by atoms with Crippen molar-refractivity contribution in [2.24, 2.45) is 0 Å². The molecule has 6 nitrogen and oxygen atoms in total. The Kier molecular flexibility index (Phi) is 5.85. The summed E-state index contributed by atoms with van der Waals surface area (Å²) < 4.78 is 5.17. The smallest absolute Gasteiger partial charge is 0.325 e. The number of carboxylic acid groups (broad SMARTS) is 1. The molecule has 6 heteroatoms. The summed E-state index contributed by atoms with van der Waals surface area (Å²) in [5.74, 6) is -0.264. The molecule has 1 aliphatic heterocycles. The van der Waals surface area contributed by atoms with E-state index in [0.29, 0.717) is 30.1 Å². The fourth-order valence-corrected chi connectivity index (χ4v) is 3.45. The topological polar surface area (TPSA) is 69.8 Å². The molecule has 1 aromatic carbocycles. The van der Waals surface area contributed by atoms with Gasteiger partial charge in [0.1, 0.15) is 11.8 Å². The summed E-state index contributed by atoms with van der Waals surface area (Å²) in [6, 6.07) is 9.53. The van der Waals surface area contributed by atoms with Crippen molar-refractivity contribution < 1.29 is 14.4 Å². The van der Waals surface area contributed by atoms with E-state index in [1.54, 1.807) is 13.8 Å². The molecule has 2 heterocycles. The van der Waals surface area contributed by atoms with Crippen LogP contribution in [0.25, 0.3) is 6.08 Å². The van der Waals surface area contributed by atoms with Gasteiger partial charge >= 0.3 is 5.97 Å². The molecule has 0 unspecified atom stereocenters. The highest BCUT2D eigenvalue weighted by Gasteiger charge is 2.34. The monoisotopic (exact) mass is 355 g/mol. The molecule has 1 atom stereocenters. The summed E-state index contributed by atoms with van der Waals surface area (Å²) in [5.41, 5.74) is 2.54. The number of rotatable bonds is 6. The normalized spacial score (nSPS) is 17.6. The maximum Gasteiger partial charge on any atom is 0.325 e. The van der Waals surface area contributed by atoms with Crippen molar-refractivity contribution in [2.45, 2.75) is 19.9 Å². The Morgan fingerprint density at radius 2 is 1.92 bits per heavy atom. The molecule has 0 amide bonds. The van der Waals surface area contributed by atoms with Gasteiger partial charge in [-0.05, 0) is 19.4 Å². The summed E-state index contributed by atoms with van der Waals surface area (Å²) in [4.78, 5) is 16.2. The number of aryl methyl sites for hydroxylation is 2. The Labute approximate surface area is 153 Å². The predicted molar refractivity (Wildman–Crippen MR) is 99.8 cm³/mol. The van der Waals surface area contributed by atoms with Crippen LogP contribution in [-0.4, -0.2) is 58.8 Å². The van der Waals surface area contributed by atoms with Crippen LogP contribution in [0.5, 0.6) is 0 Å². The molecule has 1 saturated heterocycles. The van der Waals surface area contributed by atoms with Gasteiger partial charge in [0, 0.05) is 38.3 Å². The van der Waals surface area contributed by atoms with Gasteiger partial charge in [-0.3, -0.25) is 14.6 Å². The van der Waals surface area contributed by atoms with Crippen LogP contribution in [-0.2, 0) is 4.79 Å². The van der Waals surface area contributed by atoms with Crippen LogP contribution in [0.1, 0.15) is 28.6 Å². The van der Waals surface area contributed by atoms with Gasteiger partial charge in [0.15, 0.2) is 0 Å². The first-order chi connectivity index (χ1) is 12.6. The van der Waals surface area contributed by atoms with Crippen molar-refractivity contribution in [3.63, 3.8) is 0 Å². The van der Waals surface area contributed by atoms with Crippen LogP contribution in [0.3, 0.4) is 0 Å². The zero-order valence-electron chi connectivity index (χ0n) is 15.3. The SMILES string of the molecule is Cc1noc(C)c1[C@@H](C(=O)O)N1CCN(C/C=C/c2ccccc2)CC1. The van der Waals surface area contributed by atoms with Crippen LogP contribution in [0.4, 0.5) is 0 Å². The minimum atomic E-state index is -0.850. The molecule has 1 fully saturated rings. The Hall–Kier alpha value is -2.44. The second kappa shape index (κ2) is 8.29. The molecule has 3 rings (SSSR count). The third-order valence-corrected chi connectivity index (χ3v) is 4.84. The Morgan fingerprint density at radius 1 is 1.23 bits per heavy atom. The fraction of sp³-hybridized carbons (Fsp3) is 0.400. The summed E-state index contributed by atoms with van der Waals surface area (Å²) in [5, 5.41) is 13.7. The van der Waals surface area contributed by atoms with Gasteiger partial charge in [0.05, 0.1) is 5.69 Å². The number of nitrogens with zero attached hydrogens (tertiary/aromatic N) is 3. The van der Waals surface area contributed by atoms with Crippen LogP contribution in [0, 0.1) is 13.8 Å². The standard InChI is InChI=1S/C20H25N3O3/c1-15-18(16(2)26-21-15)19(20(24)25)23-13-11-22(12-14-23)10-6-9-17-7-4-3-5-8-17/h3-9,19H,10-14H2,1-2H3,(H,24,25)/b9-6+/t19-/m0/s1. The average Bonchev–Trinajstić information content (AvgIpc) is 2.96. The number of hydrogen-bond acceptors (Lipinski definition) is 5. The average molecular weight is 355 g/mol. The number of piperazine rings is 1. The maximum atomic E-state index is 11.9. The quantitative estimate of drug-likeness (QED) is 0.859. The van der Waals surface area contributed by atoms with Gasteiger partial charge < -0.3 is 9.63 Å². The third kappa shape index (κ3) is 4.20. The lowest BCUT2D eigenvalue weighted by molar-refractivity contribution is -0.144. The Morgan fingerprint density at radius 3 is 2.50 bits per heavy atom. The molecule has 1 aromatic heterocycles. The van der Waals surface area contributed by atoms with Gasteiger partial charge in [-0.1, -0.05) is 47.6 Å². The summed E-state index contributed by atoms with van der Waals surface area (Å²) >= 11 is 0. The van der Waals surface area contributed by atoms with E-state index in [9.17, 15) is 9.90 Å². The lowest BCUT2D eigenvalue weighted by atomic mass is 10.0. The highest BCUT2D eigenvalue weighted by Crippen LogP contribution is 2.28. The molecular formula is C20H25N3O3. The zero-order chi connectivity index (χ0) is 18.5. The van der Waals surface area contributed by atoms with Crippen LogP contribution >= 0.6 is 0 Å². The first-order valence-corrected chi connectivity index (χ1v) is 8.90. The van der Waals surface area contributed by atoms with Gasteiger partial charge in [0.25, 0.3) is 0 Å². The van der Waals surface area contributed by atoms with E-state index in [0.717, 1.165) is 19.6 Å². The van der Waals surface area contributed by atoms with Crippen molar-refractivity contribution in [3.05, 3.63) is 59.0 Å².